The molecule has 33 heavy (non-hydrogen) atoms. The fourth-order valence-corrected chi connectivity index (χ4v) is 4.92. The molecule has 0 radical (unpaired) electrons. The summed E-state index contributed by atoms with van der Waals surface area (Å²) in [5.74, 6) is 1.66. The highest BCUT2D eigenvalue weighted by Gasteiger charge is 2.21. The minimum absolute atomic E-state index is 0.0838. The van der Waals surface area contributed by atoms with Crippen LogP contribution in [-0.2, 0) is 11.3 Å². The second-order valence-corrected chi connectivity index (χ2v) is 8.99. The molecule has 0 spiro atoms. The third-order valence-electron chi connectivity index (χ3n) is 5.78. The van der Waals surface area contributed by atoms with E-state index in [2.05, 4.69) is 37.7 Å². The molecule has 1 amide bonds. The van der Waals surface area contributed by atoms with E-state index in [9.17, 15) is 4.79 Å². The van der Waals surface area contributed by atoms with Crippen molar-refractivity contribution in [2.24, 2.45) is 0 Å². The lowest BCUT2D eigenvalue weighted by Crippen LogP contribution is -2.19. The lowest BCUT2D eigenvalue weighted by atomic mass is 10.2. The average Bonchev–Trinajstić information content (AvgIpc) is 3.60. The standard InChI is InChI=1S/C24H25N7OS/c32-22(27-21-12-15-26-31(21)20-8-4-5-9-20)17-33-24-29-28-23(19-10-13-25-14-11-19)30(24)16-18-6-2-1-3-7-18/h1-3,6-7,10-15,20H,4-5,8-9,16-17H2,(H,27,32). The van der Waals surface area contributed by atoms with Crippen LogP contribution in [0.3, 0.4) is 0 Å². The molecular formula is C24H25N7OS. The highest BCUT2D eigenvalue weighted by atomic mass is 32.2. The van der Waals surface area contributed by atoms with Gasteiger partial charge < -0.3 is 5.32 Å². The monoisotopic (exact) mass is 459 g/mol. The number of rotatable bonds is 8. The number of nitrogens with zero attached hydrogens (tertiary/aromatic N) is 6. The van der Waals surface area contributed by atoms with Crippen molar-refractivity contribution in [3.63, 3.8) is 0 Å². The lowest BCUT2D eigenvalue weighted by Gasteiger charge is -2.14. The summed E-state index contributed by atoms with van der Waals surface area (Å²) >= 11 is 1.38. The van der Waals surface area contributed by atoms with Gasteiger partial charge in [0.15, 0.2) is 11.0 Å². The molecule has 168 valence electrons. The molecular weight excluding hydrogens is 434 g/mol. The van der Waals surface area contributed by atoms with Crippen LogP contribution < -0.4 is 5.32 Å². The number of benzene rings is 1. The number of carbonyl (C=O) groups is 1. The number of anilines is 1. The summed E-state index contributed by atoms with van der Waals surface area (Å²) in [5, 5.41) is 17.0. The number of pyridine rings is 1. The van der Waals surface area contributed by atoms with Gasteiger partial charge in [-0.15, -0.1) is 10.2 Å². The van der Waals surface area contributed by atoms with E-state index in [0.717, 1.165) is 35.6 Å². The smallest absolute Gasteiger partial charge is 0.235 e. The molecule has 0 bridgehead atoms. The molecule has 8 nitrogen and oxygen atoms in total. The summed E-state index contributed by atoms with van der Waals surface area (Å²) in [6.45, 7) is 0.615. The molecule has 5 rings (SSSR count). The van der Waals surface area contributed by atoms with Gasteiger partial charge in [-0.3, -0.25) is 14.3 Å². The first-order valence-corrected chi connectivity index (χ1v) is 12.1. The number of carbonyl (C=O) groups excluding carboxylic acids is 1. The molecule has 1 aliphatic carbocycles. The molecule has 3 aromatic heterocycles. The van der Waals surface area contributed by atoms with E-state index >= 15 is 0 Å². The third-order valence-corrected chi connectivity index (χ3v) is 6.75. The molecule has 1 N–H and O–H groups in total. The van der Waals surface area contributed by atoms with Crippen LogP contribution in [0.25, 0.3) is 11.4 Å². The lowest BCUT2D eigenvalue weighted by molar-refractivity contribution is -0.113. The van der Waals surface area contributed by atoms with E-state index in [-0.39, 0.29) is 11.7 Å². The molecule has 9 heteroatoms. The zero-order chi connectivity index (χ0) is 22.5. The Morgan fingerprint density at radius 3 is 2.58 bits per heavy atom. The molecule has 1 fully saturated rings. The summed E-state index contributed by atoms with van der Waals surface area (Å²) < 4.78 is 4.00. The van der Waals surface area contributed by atoms with Gasteiger partial charge in [-0.25, -0.2) is 4.68 Å². The molecule has 0 unspecified atom stereocenters. The Balaban J connectivity index is 1.31. The Morgan fingerprint density at radius 1 is 1.00 bits per heavy atom. The maximum atomic E-state index is 12.8. The van der Waals surface area contributed by atoms with Gasteiger partial charge in [0.05, 0.1) is 24.5 Å². The van der Waals surface area contributed by atoms with E-state index < -0.39 is 0 Å². The highest BCUT2D eigenvalue weighted by molar-refractivity contribution is 7.99. The van der Waals surface area contributed by atoms with E-state index in [0.29, 0.717) is 17.7 Å². The molecule has 1 aromatic carbocycles. The maximum Gasteiger partial charge on any atom is 0.235 e. The van der Waals surface area contributed by atoms with Gasteiger partial charge in [0.2, 0.25) is 5.91 Å². The Hall–Kier alpha value is -3.46. The number of hydrogen-bond acceptors (Lipinski definition) is 6. The van der Waals surface area contributed by atoms with Crippen molar-refractivity contribution in [1.29, 1.82) is 0 Å². The minimum atomic E-state index is -0.0838. The Bertz CT molecular complexity index is 1200. The van der Waals surface area contributed by atoms with Crippen molar-refractivity contribution in [3.05, 3.63) is 72.7 Å². The summed E-state index contributed by atoms with van der Waals surface area (Å²) in [6, 6.07) is 16.2. The minimum Gasteiger partial charge on any atom is -0.310 e. The summed E-state index contributed by atoms with van der Waals surface area (Å²) in [7, 11) is 0. The van der Waals surface area contributed by atoms with Gasteiger partial charge in [0, 0.05) is 24.0 Å². The fraction of sp³-hybridized carbons (Fsp3) is 0.292. The first-order chi connectivity index (χ1) is 16.3. The van der Waals surface area contributed by atoms with Gasteiger partial charge >= 0.3 is 0 Å². The van der Waals surface area contributed by atoms with Crippen LogP contribution in [0.15, 0.2) is 72.3 Å². The number of hydrogen-bond donors (Lipinski definition) is 1. The van der Waals surface area contributed by atoms with Crippen molar-refractivity contribution in [2.75, 3.05) is 11.1 Å². The fourth-order valence-electron chi connectivity index (χ4n) is 4.18. The maximum absolute atomic E-state index is 12.8. The van der Waals surface area contributed by atoms with Gasteiger partial charge in [-0.2, -0.15) is 5.10 Å². The molecule has 0 saturated heterocycles. The van der Waals surface area contributed by atoms with Crippen LogP contribution in [0, 0.1) is 0 Å². The predicted molar refractivity (Wildman–Crippen MR) is 128 cm³/mol. The van der Waals surface area contributed by atoms with E-state index in [1.165, 1.54) is 24.6 Å². The van der Waals surface area contributed by atoms with Crippen molar-refractivity contribution in [3.8, 4) is 11.4 Å². The van der Waals surface area contributed by atoms with E-state index in [1.807, 2.05) is 45.6 Å². The average molecular weight is 460 g/mol. The largest absolute Gasteiger partial charge is 0.310 e. The molecule has 0 atom stereocenters. The highest BCUT2D eigenvalue weighted by Crippen LogP contribution is 2.31. The molecule has 0 aliphatic heterocycles. The van der Waals surface area contributed by atoms with Gasteiger partial charge in [0.25, 0.3) is 0 Å². The summed E-state index contributed by atoms with van der Waals surface area (Å²) in [5.41, 5.74) is 2.07. The summed E-state index contributed by atoms with van der Waals surface area (Å²) in [4.78, 5) is 16.9. The van der Waals surface area contributed by atoms with E-state index in [4.69, 9.17) is 0 Å². The number of nitrogens with one attached hydrogen (secondary N) is 1. The van der Waals surface area contributed by atoms with Crippen LogP contribution in [0.2, 0.25) is 0 Å². The topological polar surface area (TPSA) is 90.5 Å². The second-order valence-electron chi connectivity index (χ2n) is 8.05. The van der Waals surface area contributed by atoms with Crippen LogP contribution in [-0.4, -0.2) is 41.2 Å². The quantitative estimate of drug-likeness (QED) is 0.392. The molecule has 3 heterocycles. The molecule has 1 saturated carbocycles. The van der Waals surface area contributed by atoms with Gasteiger partial charge in [0.1, 0.15) is 5.82 Å². The zero-order valence-corrected chi connectivity index (χ0v) is 19.0. The number of aromatic nitrogens is 6. The number of thioether (sulfide) groups is 1. The molecule has 4 aromatic rings. The van der Waals surface area contributed by atoms with Crippen molar-refractivity contribution >= 4 is 23.5 Å². The van der Waals surface area contributed by atoms with Crippen LogP contribution in [0.1, 0.15) is 37.3 Å². The molecule has 1 aliphatic rings. The van der Waals surface area contributed by atoms with E-state index in [1.54, 1.807) is 18.6 Å². The summed E-state index contributed by atoms with van der Waals surface area (Å²) in [6.07, 6.45) is 9.88. The first kappa shape index (κ1) is 21.4. The predicted octanol–water partition coefficient (Wildman–Crippen LogP) is 4.43. The number of amides is 1. The van der Waals surface area contributed by atoms with Gasteiger partial charge in [-0.1, -0.05) is 54.9 Å². The SMILES string of the molecule is O=C(CSc1nnc(-c2ccncc2)n1Cc1ccccc1)Nc1ccnn1C1CCCC1. The van der Waals surface area contributed by atoms with Crippen molar-refractivity contribution in [2.45, 2.75) is 43.4 Å². The Kier molecular flexibility index (Phi) is 6.48. The second kappa shape index (κ2) is 9.99. The van der Waals surface area contributed by atoms with Crippen LogP contribution in [0.5, 0.6) is 0 Å². The van der Waals surface area contributed by atoms with Crippen LogP contribution in [0.4, 0.5) is 5.82 Å². The Labute approximate surface area is 196 Å². The van der Waals surface area contributed by atoms with Gasteiger partial charge in [-0.05, 0) is 30.5 Å². The Morgan fingerprint density at radius 2 is 1.79 bits per heavy atom. The van der Waals surface area contributed by atoms with Crippen molar-refractivity contribution in [1.82, 2.24) is 29.5 Å². The first-order valence-electron chi connectivity index (χ1n) is 11.1. The zero-order valence-electron chi connectivity index (χ0n) is 18.2. The van der Waals surface area contributed by atoms with Crippen LogP contribution >= 0.6 is 11.8 Å². The van der Waals surface area contributed by atoms with Crippen molar-refractivity contribution < 1.29 is 4.79 Å². The normalized spacial score (nSPS) is 13.9. The third kappa shape index (κ3) is 4.98.